The predicted molar refractivity (Wildman–Crippen MR) is 129 cm³/mol. The molecule has 3 aromatic carbocycles. The number of nitrogens with zero attached hydrogens (tertiary/aromatic N) is 2. The second-order valence-electron chi connectivity index (χ2n) is 7.83. The zero-order valence-corrected chi connectivity index (χ0v) is 19.5. The van der Waals surface area contributed by atoms with E-state index in [0.29, 0.717) is 0 Å². The van der Waals surface area contributed by atoms with Crippen molar-refractivity contribution in [2.24, 2.45) is 0 Å². The van der Waals surface area contributed by atoms with Gasteiger partial charge in [-0.1, -0.05) is 18.2 Å². The van der Waals surface area contributed by atoms with Gasteiger partial charge in [-0.25, -0.2) is 0 Å². The maximum atomic E-state index is 13.0. The summed E-state index contributed by atoms with van der Waals surface area (Å²) < 4.78 is 55.2. The number of anilines is 1. The van der Waals surface area contributed by atoms with Crippen LogP contribution in [0.2, 0.25) is 0 Å². The van der Waals surface area contributed by atoms with E-state index in [2.05, 4.69) is 5.32 Å². The zero-order valence-electron chi connectivity index (χ0n) is 19.5. The van der Waals surface area contributed by atoms with Gasteiger partial charge in [0.15, 0.2) is 11.5 Å². The van der Waals surface area contributed by atoms with Crippen LogP contribution >= 0.6 is 0 Å². The SMILES string of the molecule is O=C(Nc1cc(Oc2cccc(C(F)(F)F)c2)cc([N+](=O)[O-])c1)c1ccc(COc2ccccc2[N+](=O)[O-])o1. The largest absolute Gasteiger partial charge is 0.479 e. The van der Waals surface area contributed by atoms with E-state index >= 15 is 0 Å². The molecule has 1 heterocycles. The summed E-state index contributed by atoms with van der Waals surface area (Å²) in [6.45, 7) is -0.232. The molecule has 0 spiro atoms. The Balaban J connectivity index is 1.48. The van der Waals surface area contributed by atoms with Crippen LogP contribution in [0.4, 0.5) is 30.2 Å². The number of furan rings is 1. The molecule has 0 aliphatic heterocycles. The molecule has 11 nitrogen and oxygen atoms in total. The van der Waals surface area contributed by atoms with Crippen LogP contribution in [0.1, 0.15) is 21.9 Å². The van der Waals surface area contributed by atoms with Crippen LogP contribution in [0.3, 0.4) is 0 Å². The third kappa shape index (κ3) is 6.68. The van der Waals surface area contributed by atoms with Crippen LogP contribution in [0, 0.1) is 20.2 Å². The molecule has 0 saturated heterocycles. The van der Waals surface area contributed by atoms with Gasteiger partial charge in [0.1, 0.15) is 23.9 Å². The maximum Gasteiger partial charge on any atom is 0.416 e. The molecule has 1 amide bonds. The van der Waals surface area contributed by atoms with Gasteiger partial charge in [-0.2, -0.15) is 13.2 Å². The Morgan fingerprint density at radius 1 is 0.897 bits per heavy atom. The van der Waals surface area contributed by atoms with Crippen LogP contribution in [-0.4, -0.2) is 15.8 Å². The fourth-order valence-corrected chi connectivity index (χ4v) is 3.34. The summed E-state index contributed by atoms with van der Waals surface area (Å²) in [5.41, 5.74) is -1.81. The predicted octanol–water partition coefficient (Wildman–Crippen LogP) is 6.74. The fourth-order valence-electron chi connectivity index (χ4n) is 3.34. The minimum absolute atomic E-state index is 0.00482. The number of para-hydroxylation sites is 2. The maximum absolute atomic E-state index is 13.0. The first-order valence-corrected chi connectivity index (χ1v) is 10.9. The molecular weight excluding hydrogens is 527 g/mol. The van der Waals surface area contributed by atoms with Crippen LogP contribution in [0.25, 0.3) is 0 Å². The number of benzene rings is 3. The highest BCUT2D eigenvalue weighted by molar-refractivity contribution is 6.02. The molecule has 39 heavy (non-hydrogen) atoms. The minimum Gasteiger partial charge on any atom is -0.479 e. The molecule has 1 aromatic heterocycles. The van der Waals surface area contributed by atoms with Crippen molar-refractivity contribution in [1.29, 1.82) is 0 Å². The van der Waals surface area contributed by atoms with Gasteiger partial charge in [-0.15, -0.1) is 0 Å². The zero-order chi connectivity index (χ0) is 28.2. The van der Waals surface area contributed by atoms with E-state index in [1.807, 2.05) is 0 Å². The van der Waals surface area contributed by atoms with Crippen LogP contribution in [0.5, 0.6) is 17.2 Å². The average molecular weight is 543 g/mol. The van der Waals surface area contributed by atoms with Crippen molar-refractivity contribution in [2.45, 2.75) is 12.8 Å². The number of ether oxygens (including phenoxy) is 2. The first-order valence-electron chi connectivity index (χ1n) is 10.9. The first-order chi connectivity index (χ1) is 18.5. The first kappa shape index (κ1) is 26.7. The highest BCUT2D eigenvalue weighted by Crippen LogP contribution is 2.34. The standard InChI is InChI=1S/C25H16F3N3O8/c26-25(27,28)15-4-3-5-18(10-15)38-20-12-16(11-17(13-20)30(33)34)29-24(32)23-9-8-19(39-23)14-37-22-7-2-1-6-21(22)31(35)36/h1-13H,14H2,(H,29,32). The molecule has 4 rings (SSSR count). The number of halogens is 3. The normalized spacial score (nSPS) is 11.1. The van der Waals surface area contributed by atoms with Crippen molar-refractivity contribution in [3.8, 4) is 17.2 Å². The smallest absolute Gasteiger partial charge is 0.416 e. The van der Waals surface area contributed by atoms with Crippen molar-refractivity contribution >= 4 is 23.0 Å². The van der Waals surface area contributed by atoms with Crippen molar-refractivity contribution in [1.82, 2.24) is 0 Å². The number of rotatable bonds is 9. The molecule has 1 N–H and O–H groups in total. The van der Waals surface area contributed by atoms with Gasteiger partial charge >= 0.3 is 11.9 Å². The lowest BCUT2D eigenvalue weighted by molar-refractivity contribution is -0.386. The molecule has 0 aliphatic carbocycles. The van der Waals surface area contributed by atoms with Gasteiger partial charge in [0.2, 0.25) is 0 Å². The van der Waals surface area contributed by atoms with Crippen molar-refractivity contribution in [3.63, 3.8) is 0 Å². The average Bonchev–Trinajstić information content (AvgIpc) is 3.36. The third-order valence-electron chi connectivity index (χ3n) is 5.07. The molecule has 0 radical (unpaired) electrons. The Kier molecular flexibility index (Phi) is 7.46. The number of carbonyl (C=O) groups is 1. The number of carbonyl (C=O) groups excluding carboxylic acids is 1. The van der Waals surface area contributed by atoms with Crippen LogP contribution < -0.4 is 14.8 Å². The van der Waals surface area contributed by atoms with Gasteiger partial charge in [0.25, 0.3) is 11.6 Å². The lowest BCUT2D eigenvalue weighted by atomic mass is 10.2. The highest BCUT2D eigenvalue weighted by Gasteiger charge is 2.30. The summed E-state index contributed by atoms with van der Waals surface area (Å²) in [7, 11) is 0. The number of non-ortho nitro benzene ring substituents is 1. The van der Waals surface area contributed by atoms with E-state index in [1.165, 1.54) is 42.5 Å². The van der Waals surface area contributed by atoms with Crippen molar-refractivity contribution < 1.29 is 41.7 Å². The third-order valence-corrected chi connectivity index (χ3v) is 5.07. The molecule has 0 saturated carbocycles. The quantitative estimate of drug-likeness (QED) is 0.180. The summed E-state index contributed by atoms with van der Waals surface area (Å²) in [6.07, 6.45) is -4.62. The van der Waals surface area contributed by atoms with Gasteiger partial charge in [0, 0.05) is 18.2 Å². The van der Waals surface area contributed by atoms with Gasteiger partial charge in [0.05, 0.1) is 27.2 Å². The van der Waals surface area contributed by atoms with E-state index in [9.17, 15) is 38.2 Å². The number of nitro benzene ring substituents is 2. The second kappa shape index (κ2) is 10.9. The minimum atomic E-state index is -4.62. The number of nitro groups is 2. The highest BCUT2D eigenvalue weighted by atomic mass is 19.4. The number of amides is 1. The Morgan fingerprint density at radius 2 is 1.67 bits per heavy atom. The molecule has 200 valence electrons. The van der Waals surface area contributed by atoms with Crippen LogP contribution in [-0.2, 0) is 12.8 Å². The monoisotopic (exact) mass is 543 g/mol. The number of hydrogen-bond acceptors (Lipinski definition) is 8. The molecule has 4 aromatic rings. The molecule has 0 aliphatic rings. The van der Waals surface area contributed by atoms with Gasteiger partial charge < -0.3 is 19.2 Å². The van der Waals surface area contributed by atoms with E-state index < -0.39 is 33.2 Å². The number of alkyl halides is 3. The van der Waals surface area contributed by atoms with Crippen molar-refractivity contribution in [2.75, 3.05) is 5.32 Å². The van der Waals surface area contributed by atoms with E-state index in [-0.39, 0.29) is 46.8 Å². The number of nitrogens with one attached hydrogen (secondary N) is 1. The molecular formula is C25H16F3N3O8. The molecule has 0 fully saturated rings. The molecule has 0 unspecified atom stereocenters. The fraction of sp³-hybridized carbons (Fsp3) is 0.0800. The summed E-state index contributed by atoms with van der Waals surface area (Å²) in [5, 5.41) is 24.9. The Labute approximate surface area is 216 Å². The lowest BCUT2D eigenvalue weighted by Gasteiger charge is -2.11. The topological polar surface area (TPSA) is 147 Å². The van der Waals surface area contributed by atoms with Crippen molar-refractivity contribution in [3.05, 3.63) is 116 Å². The Morgan fingerprint density at radius 3 is 2.38 bits per heavy atom. The molecule has 14 heteroatoms. The molecule has 0 bridgehead atoms. The van der Waals surface area contributed by atoms with E-state index in [1.54, 1.807) is 6.07 Å². The van der Waals surface area contributed by atoms with E-state index in [4.69, 9.17) is 13.9 Å². The molecule has 0 atom stereocenters. The summed E-state index contributed by atoms with van der Waals surface area (Å²) in [5.74, 6) is -1.28. The second-order valence-corrected chi connectivity index (χ2v) is 7.83. The Hall–Kier alpha value is -5.40. The van der Waals surface area contributed by atoms with Gasteiger partial charge in [-0.3, -0.25) is 25.0 Å². The van der Waals surface area contributed by atoms with E-state index in [0.717, 1.165) is 30.3 Å². The Bertz CT molecular complexity index is 1550. The van der Waals surface area contributed by atoms with Gasteiger partial charge in [-0.05, 0) is 36.4 Å². The lowest BCUT2D eigenvalue weighted by Crippen LogP contribution is -2.11. The van der Waals surface area contributed by atoms with Crippen LogP contribution in [0.15, 0.2) is 83.3 Å². The summed E-state index contributed by atoms with van der Waals surface area (Å²) >= 11 is 0. The summed E-state index contributed by atoms with van der Waals surface area (Å²) in [4.78, 5) is 33.8. The summed E-state index contributed by atoms with van der Waals surface area (Å²) in [6, 6.07) is 15.5. The number of hydrogen-bond donors (Lipinski definition) is 1.